The molecule has 4 aromatic rings. The molecule has 0 aliphatic heterocycles. The maximum Gasteiger partial charge on any atom is 0.338 e. The second-order valence-corrected chi connectivity index (χ2v) is 10.0. The average Bonchev–Trinajstić information content (AvgIpc) is 2.83. The molecule has 0 heterocycles. The van der Waals surface area contributed by atoms with Gasteiger partial charge in [-0.15, -0.1) is 0 Å². The predicted molar refractivity (Wildman–Crippen MR) is 137 cm³/mol. The number of carbonyl (C=O) groups is 2. The average molecular weight is 455 g/mol. The third-order valence-corrected chi connectivity index (χ3v) is 6.48. The molecule has 1 aliphatic rings. The Kier molecular flexibility index (Phi) is 5.76. The molecule has 0 unspecified atom stereocenters. The minimum atomic E-state index is -0.287. The minimum absolute atomic E-state index is 0.250. The van der Waals surface area contributed by atoms with E-state index >= 15 is 0 Å². The van der Waals surface area contributed by atoms with E-state index in [2.05, 4.69) is 12.1 Å². The van der Waals surface area contributed by atoms with Crippen LogP contribution in [0.25, 0.3) is 38.4 Å². The molecule has 0 spiro atoms. The zero-order valence-corrected chi connectivity index (χ0v) is 20.2. The molecule has 0 atom stereocenters. The summed E-state index contributed by atoms with van der Waals surface area (Å²) in [6, 6.07) is 14.0. The highest BCUT2D eigenvalue weighted by Gasteiger charge is 2.23. The van der Waals surface area contributed by atoms with E-state index in [-0.39, 0.29) is 17.9 Å². The lowest BCUT2D eigenvalue weighted by atomic mass is 9.84. The number of aryl methyl sites for hydroxylation is 1. The van der Waals surface area contributed by atoms with Crippen molar-refractivity contribution in [3.63, 3.8) is 0 Å². The molecule has 0 fully saturated rings. The zero-order chi connectivity index (χ0) is 24.0. The zero-order valence-electron chi connectivity index (χ0n) is 20.2. The summed E-state index contributed by atoms with van der Waals surface area (Å²) in [5.74, 6) is 0.0344. The summed E-state index contributed by atoms with van der Waals surface area (Å²) in [4.78, 5) is 25.8. The number of benzene rings is 4. The molecule has 0 N–H and O–H groups in total. The van der Waals surface area contributed by atoms with Gasteiger partial charge in [0.2, 0.25) is 0 Å². The largest absolute Gasteiger partial charge is 0.462 e. The van der Waals surface area contributed by atoms with Crippen LogP contribution in [0.4, 0.5) is 0 Å². The van der Waals surface area contributed by atoms with Crippen molar-refractivity contribution in [3.8, 4) is 0 Å². The summed E-state index contributed by atoms with van der Waals surface area (Å²) in [6.07, 6.45) is 3.93. The molecular formula is C30H30O4. The van der Waals surface area contributed by atoms with Gasteiger partial charge in [-0.1, -0.05) is 64.1 Å². The highest BCUT2D eigenvalue weighted by molar-refractivity contribution is 6.25. The molecule has 1 aliphatic carbocycles. The smallest absolute Gasteiger partial charge is 0.338 e. The second kappa shape index (κ2) is 8.75. The number of ether oxygens (including phenoxy) is 2. The van der Waals surface area contributed by atoms with Gasteiger partial charge in [0.15, 0.2) is 0 Å². The summed E-state index contributed by atoms with van der Waals surface area (Å²) >= 11 is 0. The summed E-state index contributed by atoms with van der Waals surface area (Å²) in [5.41, 5.74) is 2.32. The first-order valence-electron chi connectivity index (χ1n) is 12.1. The fourth-order valence-corrected chi connectivity index (χ4v) is 5.01. The van der Waals surface area contributed by atoms with Gasteiger partial charge in [0.25, 0.3) is 0 Å². The summed E-state index contributed by atoms with van der Waals surface area (Å²) < 4.78 is 11.1. The Labute approximate surface area is 199 Å². The molecule has 0 saturated heterocycles. The maximum atomic E-state index is 12.9. The van der Waals surface area contributed by atoms with E-state index in [1.165, 1.54) is 0 Å². The lowest BCUT2D eigenvalue weighted by Gasteiger charge is -2.20. The van der Waals surface area contributed by atoms with E-state index in [1.807, 2.05) is 64.1 Å². The Morgan fingerprint density at radius 2 is 1.32 bits per heavy atom. The lowest BCUT2D eigenvalue weighted by Crippen LogP contribution is -2.18. The number of rotatable bonds is 6. The quantitative estimate of drug-likeness (QED) is 0.197. The number of hydrogen-bond donors (Lipinski definition) is 0. The molecule has 0 bridgehead atoms. The first-order valence-corrected chi connectivity index (χ1v) is 12.1. The first-order chi connectivity index (χ1) is 16.4. The van der Waals surface area contributed by atoms with Crippen molar-refractivity contribution < 1.29 is 19.1 Å². The van der Waals surface area contributed by atoms with E-state index in [9.17, 15) is 9.59 Å². The van der Waals surface area contributed by atoms with E-state index < -0.39 is 0 Å². The van der Waals surface area contributed by atoms with E-state index in [0.717, 1.165) is 55.9 Å². The van der Waals surface area contributed by atoms with Crippen LogP contribution in [-0.2, 0) is 15.9 Å². The molecule has 0 radical (unpaired) electrons. The first kappa shape index (κ1) is 22.4. The fourth-order valence-electron chi connectivity index (χ4n) is 5.01. The maximum absolute atomic E-state index is 12.9. The van der Waals surface area contributed by atoms with Crippen LogP contribution in [0.2, 0.25) is 0 Å². The Morgan fingerprint density at radius 3 is 2.03 bits per heavy atom. The summed E-state index contributed by atoms with van der Waals surface area (Å²) in [6.45, 7) is 8.94. The van der Waals surface area contributed by atoms with Crippen LogP contribution >= 0.6 is 0 Å². The van der Waals surface area contributed by atoms with Crippen molar-refractivity contribution in [2.24, 2.45) is 11.8 Å². The van der Waals surface area contributed by atoms with Gasteiger partial charge in [0.1, 0.15) is 0 Å². The van der Waals surface area contributed by atoms with Gasteiger partial charge >= 0.3 is 11.9 Å². The van der Waals surface area contributed by atoms with Crippen molar-refractivity contribution in [1.82, 2.24) is 0 Å². The van der Waals surface area contributed by atoms with Crippen LogP contribution in [0.3, 0.4) is 0 Å². The number of fused-ring (bicyclic) bond motifs is 2. The topological polar surface area (TPSA) is 52.6 Å². The van der Waals surface area contributed by atoms with Crippen LogP contribution < -0.4 is 5.22 Å². The third kappa shape index (κ3) is 3.71. The van der Waals surface area contributed by atoms with Crippen LogP contribution in [0.5, 0.6) is 0 Å². The Balaban J connectivity index is 1.75. The van der Waals surface area contributed by atoms with Gasteiger partial charge in [-0.25, -0.2) is 9.59 Å². The highest BCUT2D eigenvalue weighted by atomic mass is 16.5. The molecule has 0 saturated carbocycles. The number of esters is 2. The van der Waals surface area contributed by atoms with Crippen molar-refractivity contribution in [2.45, 2.75) is 40.5 Å². The standard InChI is InChI=1S/C30H30O4/c1-17(2)15-33-29(31)25-13-11-23-20-8-6-10-22-26(30(32)34-16-18(3)4)14-12-24(28(20)22)19-7-5-9-21(25)27(19)23/h5,7-9,11-14,17-18H,6,10,15-16H2,1-4H3. The Bertz CT molecular complexity index is 1490. The van der Waals surface area contributed by atoms with Crippen LogP contribution in [-0.4, -0.2) is 25.2 Å². The minimum Gasteiger partial charge on any atom is -0.462 e. The number of hydrogen-bond acceptors (Lipinski definition) is 4. The van der Waals surface area contributed by atoms with Gasteiger partial charge in [-0.2, -0.15) is 0 Å². The van der Waals surface area contributed by atoms with Crippen LogP contribution in [0, 0.1) is 11.8 Å². The molecular weight excluding hydrogens is 424 g/mol. The van der Waals surface area contributed by atoms with Crippen molar-refractivity contribution in [2.75, 3.05) is 13.2 Å². The van der Waals surface area contributed by atoms with Gasteiger partial charge in [0, 0.05) is 0 Å². The van der Waals surface area contributed by atoms with Crippen LogP contribution in [0.15, 0.2) is 42.5 Å². The van der Waals surface area contributed by atoms with Gasteiger partial charge in [0.05, 0.1) is 24.3 Å². The third-order valence-electron chi connectivity index (χ3n) is 6.48. The van der Waals surface area contributed by atoms with Gasteiger partial charge in [-0.05, 0) is 79.9 Å². The van der Waals surface area contributed by atoms with Crippen molar-refractivity contribution in [1.29, 1.82) is 0 Å². The highest BCUT2D eigenvalue weighted by Crippen LogP contribution is 2.36. The predicted octanol–water partition coefficient (Wildman–Crippen LogP) is 6.22. The fraction of sp³-hybridized carbons (Fsp3) is 0.333. The van der Waals surface area contributed by atoms with Crippen molar-refractivity contribution >= 4 is 50.3 Å². The van der Waals surface area contributed by atoms with Crippen molar-refractivity contribution in [3.05, 3.63) is 64.4 Å². The van der Waals surface area contributed by atoms with E-state index in [0.29, 0.717) is 30.3 Å². The normalized spacial score (nSPS) is 13.1. The molecule has 174 valence electrons. The Hall–Kier alpha value is -3.40. The van der Waals surface area contributed by atoms with E-state index in [1.54, 1.807) is 0 Å². The number of carbonyl (C=O) groups excluding carboxylic acids is 2. The Morgan fingerprint density at radius 1 is 0.735 bits per heavy atom. The summed E-state index contributed by atoms with van der Waals surface area (Å²) in [5, 5.41) is 7.54. The second-order valence-electron chi connectivity index (χ2n) is 10.0. The van der Waals surface area contributed by atoms with Gasteiger partial charge < -0.3 is 9.47 Å². The van der Waals surface area contributed by atoms with Crippen LogP contribution in [0.1, 0.15) is 60.4 Å². The molecule has 34 heavy (non-hydrogen) atoms. The van der Waals surface area contributed by atoms with E-state index in [4.69, 9.17) is 9.47 Å². The molecule has 0 aromatic heterocycles. The van der Waals surface area contributed by atoms with Gasteiger partial charge in [-0.3, -0.25) is 0 Å². The lowest BCUT2D eigenvalue weighted by molar-refractivity contribution is 0.0451. The molecule has 0 amide bonds. The molecule has 4 heteroatoms. The molecule has 5 rings (SSSR count). The molecule has 4 aromatic carbocycles. The molecule has 4 nitrogen and oxygen atoms in total. The summed E-state index contributed by atoms with van der Waals surface area (Å²) in [7, 11) is 0. The SMILES string of the molecule is CC(C)COC(=O)c1ccc2c3c1CCC=c3c1ccc(C(=O)OCC(C)C)c3cccc2c31. The monoisotopic (exact) mass is 454 g/mol.